The van der Waals surface area contributed by atoms with Crippen LogP contribution in [0.1, 0.15) is 34.0 Å². The van der Waals surface area contributed by atoms with Gasteiger partial charge in [-0.25, -0.2) is 15.0 Å². The van der Waals surface area contributed by atoms with E-state index in [1.807, 2.05) is 12.1 Å². The molecule has 4 heterocycles. The Kier molecular flexibility index (Phi) is 5.88. The molecule has 5 rings (SSSR count). The fourth-order valence-electron chi connectivity index (χ4n) is 4.42. The van der Waals surface area contributed by atoms with Crippen molar-refractivity contribution in [3.8, 4) is 17.5 Å². The van der Waals surface area contributed by atoms with Crippen LogP contribution in [0, 0.1) is 11.3 Å². The van der Waals surface area contributed by atoms with Crippen molar-refractivity contribution < 1.29 is 9.59 Å². The molecule has 178 valence electrons. The zero-order valence-electron chi connectivity index (χ0n) is 19.3. The molecule has 0 radical (unpaired) electrons. The fourth-order valence-corrected chi connectivity index (χ4v) is 4.42. The van der Waals surface area contributed by atoms with E-state index in [2.05, 4.69) is 21.9 Å². The van der Waals surface area contributed by atoms with E-state index in [1.54, 1.807) is 45.8 Å². The molecule has 4 aromatic rings. The van der Waals surface area contributed by atoms with Crippen molar-refractivity contribution in [2.75, 3.05) is 24.1 Å². The number of imidazole rings is 1. The van der Waals surface area contributed by atoms with Gasteiger partial charge in [-0.1, -0.05) is 18.7 Å². The Morgan fingerprint density at radius 2 is 1.94 bits per heavy atom. The van der Waals surface area contributed by atoms with E-state index in [0.29, 0.717) is 41.8 Å². The quantitative estimate of drug-likeness (QED) is 0.420. The molecule has 1 unspecified atom stereocenters. The number of aromatic nitrogens is 4. The summed E-state index contributed by atoms with van der Waals surface area (Å²) in [4.78, 5) is 39.8. The lowest BCUT2D eigenvalue weighted by atomic mass is 10.0. The number of amides is 2. The Morgan fingerprint density at radius 3 is 2.69 bits per heavy atom. The fraction of sp³-hybridized carbons (Fsp3) is 0.154. The van der Waals surface area contributed by atoms with Gasteiger partial charge in [0.2, 0.25) is 11.9 Å². The van der Waals surface area contributed by atoms with Crippen molar-refractivity contribution >= 4 is 29.1 Å². The van der Waals surface area contributed by atoms with E-state index < -0.39 is 0 Å². The molecule has 2 amide bonds. The van der Waals surface area contributed by atoms with E-state index in [1.165, 1.54) is 18.3 Å². The summed E-state index contributed by atoms with van der Waals surface area (Å²) in [6.45, 7) is 4.77. The zero-order chi connectivity index (χ0) is 25.2. The molecule has 0 saturated carbocycles. The van der Waals surface area contributed by atoms with Gasteiger partial charge in [0.25, 0.3) is 5.91 Å². The number of carbonyl (C=O) groups is 2. The number of likely N-dealkylation sites (tertiary alicyclic amines) is 1. The Morgan fingerprint density at radius 1 is 1.17 bits per heavy atom. The number of nitriles is 1. The Bertz CT molecular complexity index is 1530. The molecule has 1 aliphatic heterocycles. The summed E-state index contributed by atoms with van der Waals surface area (Å²) in [5.74, 6) is 0.813. The van der Waals surface area contributed by atoms with E-state index in [0.717, 1.165) is 23.2 Å². The van der Waals surface area contributed by atoms with E-state index >= 15 is 0 Å². The molecule has 3 aromatic heterocycles. The third-order valence-electron chi connectivity index (χ3n) is 6.21. The van der Waals surface area contributed by atoms with Crippen molar-refractivity contribution in [1.29, 1.82) is 5.26 Å². The number of carbonyl (C=O) groups excluding carboxylic acids is 2. The Balaban J connectivity index is 1.44. The van der Waals surface area contributed by atoms with Crippen molar-refractivity contribution in [2.45, 2.75) is 12.3 Å². The molecule has 1 aromatic carbocycles. The highest BCUT2D eigenvalue weighted by Crippen LogP contribution is 2.34. The monoisotopic (exact) mass is 478 g/mol. The standard InChI is InChI=1S/C26H22N8O2/c1-2-22(35)33-12-9-19(15-33)23-20-8-11-30-26(28)34(20)24(32-23)17-3-5-18(6-4-17)25(36)31-21-13-16(14-27)7-10-29-21/h2-8,10-11,13,19H,1,9,12,15H2,(H2,28,30)(H,29,31,36). The number of pyridine rings is 1. The number of benzene rings is 1. The molecule has 10 nitrogen and oxygen atoms in total. The first kappa shape index (κ1) is 22.7. The van der Waals surface area contributed by atoms with Crippen LogP contribution in [0.15, 0.2) is 67.5 Å². The normalized spacial score (nSPS) is 15.0. The summed E-state index contributed by atoms with van der Waals surface area (Å²) in [6.07, 6.45) is 5.22. The number of hydrogen-bond donors (Lipinski definition) is 2. The summed E-state index contributed by atoms with van der Waals surface area (Å²) in [7, 11) is 0. The maximum absolute atomic E-state index is 12.7. The van der Waals surface area contributed by atoms with Crippen LogP contribution < -0.4 is 11.1 Å². The van der Waals surface area contributed by atoms with Gasteiger partial charge in [-0.2, -0.15) is 5.26 Å². The number of anilines is 2. The lowest BCUT2D eigenvalue weighted by Crippen LogP contribution is -2.26. The van der Waals surface area contributed by atoms with Gasteiger partial charge in [0.1, 0.15) is 11.6 Å². The molecule has 1 atom stereocenters. The average Bonchev–Trinajstić information content (AvgIpc) is 3.54. The van der Waals surface area contributed by atoms with Gasteiger partial charge >= 0.3 is 0 Å². The molecule has 0 spiro atoms. The number of nitrogens with one attached hydrogen (secondary N) is 1. The van der Waals surface area contributed by atoms with Crippen LogP contribution in [0.3, 0.4) is 0 Å². The third kappa shape index (κ3) is 4.14. The minimum absolute atomic E-state index is 0.0566. The topological polar surface area (TPSA) is 142 Å². The highest BCUT2D eigenvalue weighted by atomic mass is 16.2. The van der Waals surface area contributed by atoms with Crippen LogP contribution in [-0.4, -0.2) is 49.2 Å². The molecular formula is C26H22N8O2. The summed E-state index contributed by atoms with van der Waals surface area (Å²) < 4.78 is 1.79. The smallest absolute Gasteiger partial charge is 0.256 e. The second-order valence-corrected chi connectivity index (χ2v) is 8.39. The van der Waals surface area contributed by atoms with E-state index in [-0.39, 0.29) is 17.7 Å². The van der Waals surface area contributed by atoms with Crippen LogP contribution in [-0.2, 0) is 4.79 Å². The molecule has 36 heavy (non-hydrogen) atoms. The van der Waals surface area contributed by atoms with Gasteiger partial charge in [0, 0.05) is 42.5 Å². The number of hydrogen-bond acceptors (Lipinski definition) is 7. The number of nitrogens with two attached hydrogens (primary N) is 1. The molecule has 3 N–H and O–H groups in total. The minimum Gasteiger partial charge on any atom is -0.369 e. The highest BCUT2D eigenvalue weighted by Gasteiger charge is 2.30. The van der Waals surface area contributed by atoms with Gasteiger partial charge in [-0.05, 0) is 42.8 Å². The third-order valence-corrected chi connectivity index (χ3v) is 6.21. The first-order valence-electron chi connectivity index (χ1n) is 11.3. The van der Waals surface area contributed by atoms with E-state index in [9.17, 15) is 9.59 Å². The van der Waals surface area contributed by atoms with Gasteiger partial charge in [0.15, 0.2) is 0 Å². The maximum Gasteiger partial charge on any atom is 0.256 e. The zero-order valence-corrected chi connectivity index (χ0v) is 19.3. The van der Waals surface area contributed by atoms with Gasteiger partial charge in [0.05, 0.1) is 22.8 Å². The minimum atomic E-state index is -0.350. The molecule has 10 heteroatoms. The summed E-state index contributed by atoms with van der Waals surface area (Å²) in [5, 5.41) is 11.7. The maximum atomic E-state index is 12.7. The van der Waals surface area contributed by atoms with Gasteiger partial charge < -0.3 is 16.0 Å². The Labute approximate surface area is 206 Å². The number of nitrogen functional groups attached to an aromatic ring is 1. The van der Waals surface area contributed by atoms with Crippen molar-refractivity contribution in [1.82, 2.24) is 24.3 Å². The first-order valence-corrected chi connectivity index (χ1v) is 11.3. The van der Waals surface area contributed by atoms with Crippen molar-refractivity contribution in [3.05, 3.63) is 84.3 Å². The molecular weight excluding hydrogens is 456 g/mol. The number of rotatable bonds is 5. The van der Waals surface area contributed by atoms with Crippen molar-refractivity contribution in [2.24, 2.45) is 0 Å². The molecule has 1 saturated heterocycles. The lowest BCUT2D eigenvalue weighted by molar-refractivity contribution is -0.125. The van der Waals surface area contributed by atoms with Crippen LogP contribution in [0.4, 0.5) is 11.8 Å². The first-order chi connectivity index (χ1) is 17.5. The van der Waals surface area contributed by atoms with E-state index in [4.69, 9.17) is 16.0 Å². The predicted molar refractivity (Wildman–Crippen MR) is 134 cm³/mol. The predicted octanol–water partition coefficient (Wildman–Crippen LogP) is 3.00. The summed E-state index contributed by atoms with van der Waals surface area (Å²) >= 11 is 0. The van der Waals surface area contributed by atoms with Gasteiger partial charge in [-0.15, -0.1) is 0 Å². The number of fused-ring (bicyclic) bond motifs is 1. The molecule has 1 fully saturated rings. The SMILES string of the molecule is C=CC(=O)N1CCC(c2nc(-c3ccc(C(=O)Nc4cc(C#N)ccn4)cc3)n3c(N)nccc23)C1. The summed E-state index contributed by atoms with van der Waals surface area (Å²) in [6, 6.07) is 13.9. The highest BCUT2D eigenvalue weighted by molar-refractivity contribution is 6.04. The molecule has 1 aliphatic rings. The molecule has 0 aliphatic carbocycles. The summed E-state index contributed by atoms with van der Waals surface area (Å²) in [5.41, 5.74) is 9.50. The lowest BCUT2D eigenvalue weighted by Gasteiger charge is -2.13. The van der Waals surface area contributed by atoms with Crippen LogP contribution in [0.25, 0.3) is 16.9 Å². The molecule has 0 bridgehead atoms. The van der Waals surface area contributed by atoms with Crippen LogP contribution in [0.2, 0.25) is 0 Å². The van der Waals surface area contributed by atoms with Gasteiger partial charge in [-0.3, -0.25) is 14.0 Å². The number of nitrogens with zero attached hydrogens (tertiary/aromatic N) is 6. The average molecular weight is 479 g/mol. The second kappa shape index (κ2) is 9.31. The van der Waals surface area contributed by atoms with Crippen LogP contribution >= 0.6 is 0 Å². The van der Waals surface area contributed by atoms with Crippen molar-refractivity contribution in [3.63, 3.8) is 0 Å². The largest absolute Gasteiger partial charge is 0.369 e. The Hall–Kier alpha value is -5.04. The second-order valence-electron chi connectivity index (χ2n) is 8.39. The van der Waals surface area contributed by atoms with Crippen LogP contribution in [0.5, 0.6) is 0 Å².